The van der Waals surface area contributed by atoms with Gasteiger partial charge in [0.2, 0.25) is 0 Å². The molecule has 160 valence electrons. The number of aliphatic hydroxyl groups is 1. The van der Waals surface area contributed by atoms with Crippen molar-refractivity contribution in [3.8, 4) is 11.5 Å². The number of aromatic nitrogens is 2. The van der Waals surface area contributed by atoms with E-state index in [1.807, 2.05) is 6.07 Å². The Kier molecular flexibility index (Phi) is 5.03. The second-order valence-electron chi connectivity index (χ2n) is 7.36. The van der Waals surface area contributed by atoms with Gasteiger partial charge in [-0.05, 0) is 42.5 Å². The van der Waals surface area contributed by atoms with Crippen molar-refractivity contribution < 1.29 is 24.2 Å². The summed E-state index contributed by atoms with van der Waals surface area (Å²) in [7, 11) is 0. The number of pyridine rings is 2. The minimum Gasteiger partial charge on any atom is -0.507 e. The van der Waals surface area contributed by atoms with Crippen LogP contribution in [0, 0.1) is 0 Å². The topological polar surface area (TPSA) is 102 Å². The van der Waals surface area contributed by atoms with Crippen molar-refractivity contribution in [3.05, 3.63) is 89.5 Å². The molecule has 0 spiro atoms. The average Bonchev–Trinajstić information content (AvgIpc) is 3.09. The Morgan fingerprint density at radius 2 is 1.72 bits per heavy atom. The summed E-state index contributed by atoms with van der Waals surface area (Å²) in [6, 6.07) is 14.6. The summed E-state index contributed by atoms with van der Waals surface area (Å²) in [6.07, 6.45) is 3.21. The van der Waals surface area contributed by atoms with Crippen LogP contribution >= 0.6 is 0 Å². The molecule has 0 saturated carbocycles. The van der Waals surface area contributed by atoms with Gasteiger partial charge >= 0.3 is 0 Å². The molecule has 2 aromatic heterocycles. The number of hydrogen-bond donors (Lipinski definition) is 1. The molecule has 0 bridgehead atoms. The molecule has 1 atom stereocenters. The summed E-state index contributed by atoms with van der Waals surface area (Å²) >= 11 is 0. The molecule has 1 unspecified atom stereocenters. The Morgan fingerprint density at radius 1 is 0.969 bits per heavy atom. The van der Waals surface area contributed by atoms with Crippen molar-refractivity contribution in [2.24, 2.45) is 0 Å². The van der Waals surface area contributed by atoms with Gasteiger partial charge in [0, 0.05) is 18.0 Å². The van der Waals surface area contributed by atoms with E-state index in [0.717, 1.165) is 0 Å². The number of rotatable bonds is 4. The predicted molar refractivity (Wildman–Crippen MR) is 114 cm³/mol. The molecule has 1 saturated heterocycles. The molecular formula is C24H19N3O5. The lowest BCUT2D eigenvalue weighted by molar-refractivity contribution is -0.140. The SMILES string of the molecule is O=C1C(=O)N(Cc2ccccn2)C(c2ccccn2)/C1=C(/O)c1ccc2c(c1)OCCO2. The second-order valence-corrected chi connectivity index (χ2v) is 7.36. The number of aliphatic hydroxyl groups excluding tert-OH is 1. The van der Waals surface area contributed by atoms with Crippen LogP contribution in [0.15, 0.2) is 72.6 Å². The third kappa shape index (κ3) is 3.45. The Balaban J connectivity index is 1.62. The molecule has 2 aliphatic heterocycles. The Hall–Kier alpha value is -4.20. The standard InChI is InChI=1S/C24H19N3O5/c28-22(15-7-8-18-19(13-15)32-12-11-31-18)20-21(17-6-2-4-10-26-17)27(24(30)23(20)29)14-16-5-1-3-9-25-16/h1-10,13,21,28H,11-12,14H2/b22-20-. The number of amides is 1. The highest BCUT2D eigenvalue weighted by atomic mass is 16.6. The number of nitrogens with zero attached hydrogens (tertiary/aromatic N) is 3. The zero-order valence-electron chi connectivity index (χ0n) is 17.0. The quantitative estimate of drug-likeness (QED) is 0.387. The van der Waals surface area contributed by atoms with Gasteiger partial charge in [0.1, 0.15) is 25.0 Å². The average molecular weight is 429 g/mol. The van der Waals surface area contributed by atoms with Crippen molar-refractivity contribution in [2.45, 2.75) is 12.6 Å². The van der Waals surface area contributed by atoms with Crippen LogP contribution < -0.4 is 9.47 Å². The summed E-state index contributed by atoms with van der Waals surface area (Å²) in [5, 5.41) is 11.2. The van der Waals surface area contributed by atoms with Crippen molar-refractivity contribution in [1.82, 2.24) is 14.9 Å². The van der Waals surface area contributed by atoms with E-state index in [9.17, 15) is 14.7 Å². The van der Waals surface area contributed by atoms with E-state index in [1.54, 1.807) is 60.9 Å². The minimum absolute atomic E-state index is 0.0266. The number of carbonyl (C=O) groups is 2. The fourth-order valence-electron chi connectivity index (χ4n) is 3.90. The van der Waals surface area contributed by atoms with Gasteiger partial charge in [-0.1, -0.05) is 12.1 Å². The zero-order chi connectivity index (χ0) is 22.1. The maximum atomic E-state index is 13.1. The highest BCUT2D eigenvalue weighted by Crippen LogP contribution is 2.41. The number of benzene rings is 1. The van der Waals surface area contributed by atoms with Crippen LogP contribution in [0.2, 0.25) is 0 Å². The molecule has 5 rings (SSSR count). The molecule has 0 aliphatic carbocycles. The Labute approximate surface area is 183 Å². The smallest absolute Gasteiger partial charge is 0.296 e. The van der Waals surface area contributed by atoms with E-state index < -0.39 is 17.7 Å². The van der Waals surface area contributed by atoms with Crippen molar-refractivity contribution >= 4 is 17.4 Å². The predicted octanol–water partition coefficient (Wildman–Crippen LogP) is 2.87. The zero-order valence-corrected chi connectivity index (χ0v) is 17.0. The van der Waals surface area contributed by atoms with Crippen LogP contribution in [0.4, 0.5) is 0 Å². The highest BCUT2D eigenvalue weighted by Gasteiger charge is 2.47. The monoisotopic (exact) mass is 429 g/mol. The first-order valence-corrected chi connectivity index (χ1v) is 10.1. The lowest BCUT2D eigenvalue weighted by Gasteiger charge is -2.24. The van der Waals surface area contributed by atoms with Gasteiger partial charge < -0.3 is 19.5 Å². The molecule has 8 nitrogen and oxygen atoms in total. The fourth-order valence-corrected chi connectivity index (χ4v) is 3.90. The molecule has 3 aromatic rings. The van der Waals surface area contributed by atoms with E-state index >= 15 is 0 Å². The molecule has 1 aromatic carbocycles. The molecule has 2 aliphatic rings. The number of carbonyl (C=O) groups excluding carboxylic acids is 2. The van der Waals surface area contributed by atoms with Crippen molar-refractivity contribution in [1.29, 1.82) is 0 Å². The van der Waals surface area contributed by atoms with Gasteiger partial charge in [0.05, 0.1) is 23.5 Å². The lowest BCUT2D eigenvalue weighted by Crippen LogP contribution is -2.29. The van der Waals surface area contributed by atoms with Crippen LogP contribution in [0.25, 0.3) is 5.76 Å². The van der Waals surface area contributed by atoms with Crippen LogP contribution in [-0.2, 0) is 16.1 Å². The largest absolute Gasteiger partial charge is 0.507 e. The third-order valence-corrected chi connectivity index (χ3v) is 5.38. The Morgan fingerprint density at radius 3 is 2.44 bits per heavy atom. The highest BCUT2D eigenvalue weighted by molar-refractivity contribution is 6.46. The van der Waals surface area contributed by atoms with Gasteiger partial charge in [0.15, 0.2) is 11.5 Å². The number of ketones is 1. The summed E-state index contributed by atoms with van der Waals surface area (Å²) in [5.41, 5.74) is 1.42. The first-order chi connectivity index (χ1) is 15.6. The summed E-state index contributed by atoms with van der Waals surface area (Å²) < 4.78 is 11.1. The Bertz CT molecular complexity index is 1210. The number of Topliss-reactive ketones (excluding diaryl/α,β-unsaturated/α-hetero) is 1. The van der Waals surface area contributed by atoms with Crippen molar-refractivity contribution in [3.63, 3.8) is 0 Å². The summed E-state index contributed by atoms with van der Waals surface area (Å²) in [6.45, 7) is 0.931. The maximum Gasteiger partial charge on any atom is 0.296 e. The van der Waals surface area contributed by atoms with Gasteiger partial charge in [-0.25, -0.2) is 0 Å². The normalized spacial score (nSPS) is 19.2. The van der Waals surface area contributed by atoms with Crippen LogP contribution in [-0.4, -0.2) is 44.9 Å². The minimum atomic E-state index is -0.855. The molecule has 8 heteroatoms. The molecule has 1 fully saturated rings. The van der Waals surface area contributed by atoms with Crippen LogP contribution in [0.1, 0.15) is 23.0 Å². The number of likely N-dealkylation sites (tertiary alicyclic amines) is 1. The number of hydrogen-bond acceptors (Lipinski definition) is 7. The summed E-state index contributed by atoms with van der Waals surface area (Å²) in [5.74, 6) is -0.754. The van der Waals surface area contributed by atoms with Crippen molar-refractivity contribution in [2.75, 3.05) is 13.2 Å². The molecule has 32 heavy (non-hydrogen) atoms. The van der Waals surface area contributed by atoms with E-state index in [1.165, 1.54) is 4.90 Å². The molecule has 0 radical (unpaired) electrons. The summed E-state index contributed by atoms with van der Waals surface area (Å²) in [4.78, 5) is 36.1. The number of fused-ring (bicyclic) bond motifs is 1. The molecular weight excluding hydrogens is 410 g/mol. The van der Waals surface area contributed by atoms with Crippen LogP contribution in [0.3, 0.4) is 0 Å². The third-order valence-electron chi connectivity index (χ3n) is 5.38. The molecule has 4 heterocycles. The first kappa shape index (κ1) is 19.7. The van der Waals surface area contributed by atoms with Gasteiger partial charge in [-0.2, -0.15) is 0 Å². The number of ether oxygens (including phenoxy) is 2. The van der Waals surface area contributed by atoms with E-state index in [-0.39, 0.29) is 17.9 Å². The van der Waals surface area contributed by atoms with E-state index in [0.29, 0.717) is 41.7 Å². The molecule has 1 amide bonds. The fraction of sp³-hybridized carbons (Fsp3) is 0.167. The first-order valence-electron chi connectivity index (χ1n) is 10.1. The second kappa shape index (κ2) is 8.14. The molecule has 1 N–H and O–H groups in total. The maximum absolute atomic E-state index is 13.1. The van der Waals surface area contributed by atoms with Gasteiger partial charge in [0.25, 0.3) is 11.7 Å². The van der Waals surface area contributed by atoms with E-state index in [4.69, 9.17) is 9.47 Å². The van der Waals surface area contributed by atoms with Gasteiger partial charge in [-0.3, -0.25) is 19.6 Å². The van der Waals surface area contributed by atoms with Gasteiger partial charge in [-0.15, -0.1) is 0 Å². The van der Waals surface area contributed by atoms with Crippen LogP contribution in [0.5, 0.6) is 11.5 Å². The lowest BCUT2D eigenvalue weighted by atomic mass is 9.98. The van der Waals surface area contributed by atoms with E-state index in [2.05, 4.69) is 9.97 Å².